The number of esters is 1. The van der Waals surface area contributed by atoms with E-state index in [9.17, 15) is 18.0 Å². The molecule has 1 aromatic carbocycles. The van der Waals surface area contributed by atoms with E-state index in [2.05, 4.69) is 5.32 Å². The average molecular weight is 366 g/mol. The minimum atomic E-state index is -3.60. The minimum absolute atomic E-state index is 0.0685. The molecular weight excluding hydrogens is 344 g/mol. The summed E-state index contributed by atoms with van der Waals surface area (Å²) in [5, 5.41) is 2.76. The summed E-state index contributed by atoms with van der Waals surface area (Å²) in [6.07, 6.45) is 2.65. The summed E-state index contributed by atoms with van der Waals surface area (Å²) in [4.78, 5) is 24.2. The van der Waals surface area contributed by atoms with Gasteiger partial charge in [-0.1, -0.05) is 6.07 Å². The second-order valence-corrected chi connectivity index (χ2v) is 8.41. The van der Waals surface area contributed by atoms with E-state index in [0.717, 1.165) is 25.7 Å². The van der Waals surface area contributed by atoms with Crippen molar-refractivity contribution in [2.75, 3.05) is 13.1 Å². The first-order valence-corrected chi connectivity index (χ1v) is 9.93. The van der Waals surface area contributed by atoms with Gasteiger partial charge < -0.3 is 10.1 Å². The Hall–Kier alpha value is -1.93. The van der Waals surface area contributed by atoms with E-state index in [1.807, 2.05) is 0 Å². The Morgan fingerprint density at radius 1 is 1.24 bits per heavy atom. The van der Waals surface area contributed by atoms with Crippen LogP contribution in [0.4, 0.5) is 0 Å². The first-order valence-electron chi connectivity index (χ1n) is 8.49. The van der Waals surface area contributed by atoms with Gasteiger partial charge in [0.2, 0.25) is 10.0 Å². The maximum Gasteiger partial charge on any atom is 0.338 e. The lowest BCUT2D eigenvalue weighted by Gasteiger charge is -2.16. The molecule has 0 aromatic heterocycles. The molecule has 1 saturated carbocycles. The van der Waals surface area contributed by atoms with E-state index in [1.54, 1.807) is 0 Å². The van der Waals surface area contributed by atoms with Crippen molar-refractivity contribution in [2.45, 2.75) is 49.6 Å². The summed E-state index contributed by atoms with van der Waals surface area (Å²) < 4.78 is 31.7. The molecule has 25 heavy (non-hydrogen) atoms. The van der Waals surface area contributed by atoms with Gasteiger partial charge >= 0.3 is 5.97 Å². The molecule has 1 aliphatic carbocycles. The van der Waals surface area contributed by atoms with Crippen molar-refractivity contribution in [3.63, 3.8) is 0 Å². The second kappa shape index (κ2) is 7.13. The zero-order chi connectivity index (χ0) is 18.0. The van der Waals surface area contributed by atoms with Crippen LogP contribution in [0.2, 0.25) is 0 Å². The molecule has 0 bridgehead atoms. The number of hydrogen-bond acceptors (Lipinski definition) is 5. The summed E-state index contributed by atoms with van der Waals surface area (Å²) >= 11 is 0. The Bertz CT molecular complexity index is 767. The van der Waals surface area contributed by atoms with Crippen LogP contribution in [-0.2, 0) is 19.6 Å². The number of amides is 1. The third kappa shape index (κ3) is 4.19. The molecule has 0 unspecified atom stereocenters. The van der Waals surface area contributed by atoms with E-state index >= 15 is 0 Å². The molecule has 7 nitrogen and oxygen atoms in total. The van der Waals surface area contributed by atoms with Crippen molar-refractivity contribution in [1.29, 1.82) is 0 Å². The van der Waals surface area contributed by atoms with E-state index in [4.69, 9.17) is 4.74 Å². The van der Waals surface area contributed by atoms with Gasteiger partial charge in [-0.15, -0.1) is 0 Å². The first-order chi connectivity index (χ1) is 11.9. The van der Waals surface area contributed by atoms with E-state index in [-0.39, 0.29) is 22.4 Å². The summed E-state index contributed by atoms with van der Waals surface area (Å²) in [5.41, 5.74) is 0.117. The van der Waals surface area contributed by atoms with Crippen molar-refractivity contribution in [3.8, 4) is 0 Å². The molecule has 136 valence electrons. The van der Waals surface area contributed by atoms with E-state index in [1.165, 1.54) is 35.5 Å². The zero-order valence-corrected chi connectivity index (χ0v) is 14.9. The van der Waals surface area contributed by atoms with Crippen LogP contribution in [0.5, 0.6) is 0 Å². The fourth-order valence-corrected chi connectivity index (χ4v) is 4.25. The summed E-state index contributed by atoms with van der Waals surface area (Å²) in [5.74, 6) is -1.05. The Balaban J connectivity index is 1.69. The predicted octanol–water partition coefficient (Wildman–Crippen LogP) is 1.29. The number of carbonyl (C=O) groups excluding carboxylic acids is 2. The number of ether oxygens (including phenoxy) is 1. The third-order valence-electron chi connectivity index (χ3n) is 4.35. The van der Waals surface area contributed by atoms with Crippen molar-refractivity contribution < 1.29 is 22.7 Å². The highest BCUT2D eigenvalue weighted by Gasteiger charge is 2.29. The molecule has 1 aromatic rings. The number of sulfonamides is 1. The quantitative estimate of drug-likeness (QED) is 0.766. The smallest absolute Gasteiger partial charge is 0.338 e. The molecule has 1 amide bonds. The maximum atomic E-state index is 12.6. The maximum absolute atomic E-state index is 12.6. The van der Waals surface area contributed by atoms with Gasteiger partial charge in [-0.2, -0.15) is 4.31 Å². The first kappa shape index (κ1) is 17.9. The largest absolute Gasteiger partial charge is 0.449 e. The van der Waals surface area contributed by atoms with Crippen LogP contribution in [0.3, 0.4) is 0 Å². The zero-order valence-electron chi connectivity index (χ0n) is 14.1. The standard InChI is InChI=1S/C17H22N2O5S/c1-12(16(20)18-14-7-8-14)24-17(21)13-5-4-6-15(11-13)25(22,23)19-9-2-3-10-19/h4-6,11-12,14H,2-3,7-10H2,1H3,(H,18,20)/t12-/m1/s1. The van der Waals surface area contributed by atoms with Crippen molar-refractivity contribution in [3.05, 3.63) is 29.8 Å². The fourth-order valence-electron chi connectivity index (χ4n) is 2.69. The van der Waals surface area contributed by atoms with Crippen LogP contribution in [0.25, 0.3) is 0 Å². The van der Waals surface area contributed by atoms with Crippen LogP contribution in [0.1, 0.15) is 43.0 Å². The summed E-state index contributed by atoms with van der Waals surface area (Å²) in [6.45, 7) is 2.49. The lowest BCUT2D eigenvalue weighted by molar-refractivity contribution is -0.129. The highest BCUT2D eigenvalue weighted by atomic mass is 32.2. The van der Waals surface area contributed by atoms with Gasteiger partial charge in [0.25, 0.3) is 5.91 Å². The number of rotatable bonds is 6. The molecule has 1 atom stereocenters. The molecule has 1 aliphatic heterocycles. The number of nitrogens with one attached hydrogen (secondary N) is 1. The minimum Gasteiger partial charge on any atom is -0.449 e. The second-order valence-electron chi connectivity index (χ2n) is 6.47. The fraction of sp³-hybridized carbons (Fsp3) is 0.529. The Morgan fingerprint density at radius 2 is 1.92 bits per heavy atom. The summed E-state index contributed by atoms with van der Waals surface area (Å²) in [7, 11) is -3.60. The van der Waals surface area contributed by atoms with E-state index < -0.39 is 22.1 Å². The molecule has 2 aliphatic rings. The van der Waals surface area contributed by atoms with E-state index in [0.29, 0.717) is 13.1 Å². The van der Waals surface area contributed by atoms with Crippen LogP contribution in [-0.4, -0.2) is 49.8 Å². The Labute approximate surface area is 147 Å². The van der Waals surface area contributed by atoms with Gasteiger partial charge in [-0.25, -0.2) is 13.2 Å². The normalized spacial score (nSPS) is 19.4. The Morgan fingerprint density at radius 3 is 2.56 bits per heavy atom. The lowest BCUT2D eigenvalue weighted by Crippen LogP contribution is -2.37. The molecule has 0 radical (unpaired) electrons. The van der Waals surface area contributed by atoms with Crippen LogP contribution in [0.15, 0.2) is 29.2 Å². The molecule has 3 rings (SSSR count). The van der Waals surface area contributed by atoms with Crippen molar-refractivity contribution >= 4 is 21.9 Å². The van der Waals surface area contributed by atoms with Crippen molar-refractivity contribution in [2.24, 2.45) is 0 Å². The number of carbonyl (C=O) groups is 2. The van der Waals surface area contributed by atoms with Crippen molar-refractivity contribution in [1.82, 2.24) is 9.62 Å². The number of nitrogens with zero attached hydrogens (tertiary/aromatic N) is 1. The highest BCUT2D eigenvalue weighted by molar-refractivity contribution is 7.89. The van der Waals surface area contributed by atoms with Crippen LogP contribution in [0, 0.1) is 0 Å². The SMILES string of the molecule is C[C@@H](OC(=O)c1cccc(S(=O)(=O)N2CCCC2)c1)C(=O)NC1CC1. The number of hydrogen-bond donors (Lipinski definition) is 1. The van der Waals surface area contributed by atoms with Crippen LogP contribution >= 0.6 is 0 Å². The molecule has 8 heteroatoms. The summed E-state index contributed by atoms with van der Waals surface area (Å²) in [6, 6.07) is 5.95. The number of benzene rings is 1. The third-order valence-corrected chi connectivity index (χ3v) is 6.24. The van der Waals surface area contributed by atoms with Gasteiger partial charge in [0.1, 0.15) is 0 Å². The molecule has 1 heterocycles. The predicted molar refractivity (Wildman–Crippen MR) is 90.5 cm³/mol. The molecule has 1 saturated heterocycles. The Kier molecular flexibility index (Phi) is 5.10. The molecule has 1 N–H and O–H groups in total. The molecular formula is C17H22N2O5S. The van der Waals surface area contributed by atoms with Gasteiger partial charge in [0.15, 0.2) is 6.10 Å². The highest BCUT2D eigenvalue weighted by Crippen LogP contribution is 2.22. The lowest BCUT2D eigenvalue weighted by atomic mass is 10.2. The molecule has 2 fully saturated rings. The van der Waals surface area contributed by atoms with Crippen LogP contribution < -0.4 is 5.32 Å². The van der Waals surface area contributed by atoms with Gasteiger partial charge in [-0.05, 0) is 50.8 Å². The monoisotopic (exact) mass is 366 g/mol. The average Bonchev–Trinajstić information content (AvgIpc) is 3.23. The van der Waals surface area contributed by atoms with Gasteiger partial charge in [0.05, 0.1) is 10.5 Å². The van der Waals surface area contributed by atoms with Gasteiger partial charge in [-0.3, -0.25) is 4.79 Å². The topological polar surface area (TPSA) is 92.8 Å². The van der Waals surface area contributed by atoms with Gasteiger partial charge in [0, 0.05) is 19.1 Å². The molecule has 0 spiro atoms.